The van der Waals surface area contributed by atoms with E-state index in [0.29, 0.717) is 43.1 Å². The summed E-state index contributed by atoms with van der Waals surface area (Å²) in [6, 6.07) is 14.1. The number of aliphatic hydroxyl groups is 1. The molecule has 3 aliphatic heterocycles. The highest BCUT2D eigenvalue weighted by molar-refractivity contribution is 9.09. The Kier molecular flexibility index (Phi) is 9.76. The number of carbonyl (C=O) groups is 3. The van der Waals surface area contributed by atoms with Crippen molar-refractivity contribution in [2.75, 3.05) is 36.0 Å². The third-order valence-corrected chi connectivity index (χ3v) is 12.3. The van der Waals surface area contributed by atoms with Crippen molar-refractivity contribution in [3.8, 4) is 0 Å². The van der Waals surface area contributed by atoms with Gasteiger partial charge in [0.1, 0.15) is 6.04 Å². The van der Waals surface area contributed by atoms with E-state index in [2.05, 4.69) is 29.1 Å². The Bertz CT molecular complexity index is 1390. The lowest BCUT2D eigenvalue weighted by molar-refractivity contribution is -0.139. The number of hydrogen-bond acceptors (Lipinski definition) is 5. The maximum atomic E-state index is 14.8. The van der Waals surface area contributed by atoms with Crippen molar-refractivity contribution >= 4 is 68.4 Å². The minimum Gasteiger partial charge on any atom is -0.396 e. The summed E-state index contributed by atoms with van der Waals surface area (Å²) in [6.45, 7) is 10.5. The number of amides is 3. The Labute approximate surface area is 271 Å². The van der Waals surface area contributed by atoms with Crippen LogP contribution < -0.4 is 9.80 Å². The maximum absolute atomic E-state index is 14.8. The van der Waals surface area contributed by atoms with Gasteiger partial charge in [-0.05, 0) is 49.9 Å². The summed E-state index contributed by atoms with van der Waals surface area (Å²) in [5.74, 6) is -1.83. The quantitative estimate of drug-likeness (QED) is 0.178. The maximum Gasteiger partial charge on any atom is 0.251 e. The molecule has 3 fully saturated rings. The van der Waals surface area contributed by atoms with Gasteiger partial charge in [0.05, 0.1) is 27.3 Å². The van der Waals surface area contributed by atoms with E-state index in [4.69, 9.17) is 11.6 Å². The van der Waals surface area contributed by atoms with E-state index in [1.165, 1.54) is 0 Å². The summed E-state index contributed by atoms with van der Waals surface area (Å²) in [6.07, 6.45) is 4.97. The standard InChI is InChI=1S/C33H37BrClN3O4S/c1-4-16-36(22-13-7-6-8-14-22)30(40)25-26-31(41)38(18-9-10-19-39)29(33(26)20-23(34)28(25)43-33)32(42)37(17-5-2)27-21(3)12-11-15-24(27)35/h4-8,11-15,23,25-26,28-29,39H,1-2,9-10,16-20H2,3H3/t23?,25-,26-,28-,29?,33?/m0/s1. The fourth-order valence-corrected chi connectivity index (χ4v) is 11.0. The van der Waals surface area contributed by atoms with Crippen LogP contribution in [0.5, 0.6) is 0 Å². The van der Waals surface area contributed by atoms with Crippen LogP contribution in [0, 0.1) is 18.8 Å². The summed E-state index contributed by atoms with van der Waals surface area (Å²) < 4.78 is -0.808. The first kappa shape index (κ1) is 31.8. The Morgan fingerprint density at radius 1 is 1.09 bits per heavy atom. The van der Waals surface area contributed by atoms with Crippen LogP contribution in [0.25, 0.3) is 0 Å². The number of thioether (sulfide) groups is 1. The second kappa shape index (κ2) is 13.2. The summed E-state index contributed by atoms with van der Waals surface area (Å²) in [4.78, 5) is 48.8. The molecule has 3 saturated heterocycles. The molecule has 43 heavy (non-hydrogen) atoms. The van der Waals surface area contributed by atoms with Gasteiger partial charge in [-0.3, -0.25) is 14.4 Å². The minimum absolute atomic E-state index is 0.00831. The van der Waals surface area contributed by atoms with E-state index >= 15 is 0 Å². The molecule has 3 amide bonds. The van der Waals surface area contributed by atoms with Crippen LogP contribution in [-0.2, 0) is 14.4 Å². The average Bonchev–Trinajstić information content (AvgIpc) is 3.58. The average molecular weight is 687 g/mol. The number of aliphatic hydroxyl groups excluding tert-OH is 1. The summed E-state index contributed by atoms with van der Waals surface area (Å²) in [5.41, 5.74) is 2.17. The lowest BCUT2D eigenvalue weighted by atomic mass is 9.70. The van der Waals surface area contributed by atoms with Gasteiger partial charge < -0.3 is 19.8 Å². The normalized spacial score (nSPS) is 27.2. The van der Waals surface area contributed by atoms with Crippen molar-refractivity contribution in [2.24, 2.45) is 11.8 Å². The van der Waals surface area contributed by atoms with Crippen LogP contribution in [0.3, 0.4) is 0 Å². The molecule has 3 heterocycles. The van der Waals surface area contributed by atoms with Crippen LogP contribution in [0.15, 0.2) is 73.8 Å². The first-order valence-electron chi connectivity index (χ1n) is 14.6. The number of benzene rings is 2. The topological polar surface area (TPSA) is 81.2 Å². The van der Waals surface area contributed by atoms with Gasteiger partial charge in [0, 0.05) is 42.0 Å². The second-order valence-corrected chi connectivity index (χ2v) is 14.5. The first-order chi connectivity index (χ1) is 20.7. The monoisotopic (exact) mass is 685 g/mol. The first-order valence-corrected chi connectivity index (χ1v) is 16.8. The number of fused-ring (bicyclic) bond motifs is 1. The minimum atomic E-state index is -0.809. The van der Waals surface area contributed by atoms with Gasteiger partial charge in [-0.2, -0.15) is 0 Å². The number of alkyl halides is 1. The summed E-state index contributed by atoms with van der Waals surface area (Å²) >= 11 is 12.1. The molecule has 6 atom stereocenters. The number of aryl methyl sites for hydroxylation is 1. The molecule has 2 aromatic carbocycles. The van der Waals surface area contributed by atoms with E-state index in [-0.39, 0.29) is 41.0 Å². The van der Waals surface area contributed by atoms with Gasteiger partial charge in [-0.25, -0.2) is 0 Å². The molecule has 0 aromatic heterocycles. The predicted octanol–water partition coefficient (Wildman–Crippen LogP) is 5.62. The Balaban J connectivity index is 1.60. The molecule has 1 spiro atoms. The lowest BCUT2D eigenvalue weighted by Crippen LogP contribution is -2.56. The molecule has 2 bridgehead atoms. The molecule has 228 valence electrons. The Hall–Kier alpha value is -2.59. The number of anilines is 2. The van der Waals surface area contributed by atoms with Gasteiger partial charge in [0.2, 0.25) is 11.8 Å². The van der Waals surface area contributed by atoms with Crippen LogP contribution in [0.1, 0.15) is 24.8 Å². The van der Waals surface area contributed by atoms with E-state index < -0.39 is 22.6 Å². The second-order valence-electron chi connectivity index (χ2n) is 11.3. The fourth-order valence-electron chi connectivity index (χ4n) is 7.10. The van der Waals surface area contributed by atoms with Crippen molar-refractivity contribution in [2.45, 2.75) is 47.1 Å². The largest absolute Gasteiger partial charge is 0.396 e. The molecule has 10 heteroatoms. The smallest absolute Gasteiger partial charge is 0.251 e. The van der Waals surface area contributed by atoms with Gasteiger partial charge in [0.15, 0.2) is 0 Å². The number of rotatable bonds is 12. The molecule has 0 aliphatic carbocycles. The molecular weight excluding hydrogens is 650 g/mol. The highest BCUT2D eigenvalue weighted by Crippen LogP contribution is 2.68. The zero-order valence-electron chi connectivity index (χ0n) is 24.2. The highest BCUT2D eigenvalue weighted by Gasteiger charge is 2.76. The molecule has 5 rings (SSSR count). The zero-order chi connectivity index (χ0) is 30.9. The van der Waals surface area contributed by atoms with Gasteiger partial charge >= 0.3 is 0 Å². The Morgan fingerprint density at radius 3 is 2.44 bits per heavy atom. The van der Waals surface area contributed by atoms with Gasteiger partial charge in [0.25, 0.3) is 5.91 Å². The van der Waals surface area contributed by atoms with Crippen LogP contribution in [-0.4, -0.2) is 74.8 Å². The zero-order valence-corrected chi connectivity index (χ0v) is 27.4. The number of nitrogens with zero attached hydrogens (tertiary/aromatic N) is 3. The molecule has 7 nitrogen and oxygen atoms in total. The molecule has 3 aliphatic rings. The van der Waals surface area contributed by atoms with Gasteiger partial charge in [-0.1, -0.05) is 70.0 Å². The molecule has 3 unspecified atom stereocenters. The lowest BCUT2D eigenvalue weighted by Gasteiger charge is -2.39. The molecule has 0 saturated carbocycles. The van der Waals surface area contributed by atoms with Crippen molar-refractivity contribution in [3.05, 3.63) is 84.4 Å². The van der Waals surface area contributed by atoms with Crippen LogP contribution in [0.4, 0.5) is 11.4 Å². The van der Waals surface area contributed by atoms with Crippen LogP contribution in [0.2, 0.25) is 5.02 Å². The van der Waals surface area contributed by atoms with Crippen molar-refractivity contribution in [1.29, 1.82) is 0 Å². The van der Waals surface area contributed by atoms with E-state index in [0.717, 1.165) is 11.3 Å². The number of halogens is 2. The number of carbonyl (C=O) groups excluding carboxylic acids is 3. The third kappa shape index (κ3) is 5.47. The van der Waals surface area contributed by atoms with Gasteiger partial charge in [-0.15, -0.1) is 24.9 Å². The summed E-state index contributed by atoms with van der Waals surface area (Å²) in [5, 5.41) is 9.77. The number of hydrogen-bond donors (Lipinski definition) is 1. The number of likely N-dealkylation sites (tertiary alicyclic amines) is 1. The Morgan fingerprint density at radius 2 is 1.79 bits per heavy atom. The third-order valence-electron chi connectivity index (χ3n) is 8.80. The van der Waals surface area contributed by atoms with Crippen molar-refractivity contribution in [3.63, 3.8) is 0 Å². The van der Waals surface area contributed by atoms with Crippen molar-refractivity contribution < 1.29 is 19.5 Å². The summed E-state index contributed by atoms with van der Waals surface area (Å²) in [7, 11) is 0. The van der Waals surface area contributed by atoms with E-state index in [1.54, 1.807) is 44.7 Å². The van der Waals surface area contributed by atoms with E-state index in [9.17, 15) is 19.5 Å². The van der Waals surface area contributed by atoms with Crippen LogP contribution >= 0.6 is 39.3 Å². The van der Waals surface area contributed by atoms with Crippen molar-refractivity contribution in [1.82, 2.24) is 4.90 Å². The molecular formula is C33H37BrClN3O4S. The molecule has 0 radical (unpaired) electrons. The fraction of sp³-hybridized carbons (Fsp3) is 0.424. The SMILES string of the molecule is C=CCN(C(=O)[C@H]1[C@H]2C(=O)N(CCCCO)C(C(=O)N(CC=C)c3c(C)cccc3Cl)C23CC(Br)[C@@H]1S3)c1ccccc1. The molecule has 1 N–H and O–H groups in total. The molecule has 2 aromatic rings. The predicted molar refractivity (Wildman–Crippen MR) is 178 cm³/mol. The van der Waals surface area contributed by atoms with E-state index in [1.807, 2.05) is 49.4 Å². The number of unbranched alkanes of at least 4 members (excludes halogenated alkanes) is 1. The highest BCUT2D eigenvalue weighted by atomic mass is 79.9. The number of para-hydroxylation sites is 2.